The summed E-state index contributed by atoms with van der Waals surface area (Å²) in [5, 5.41) is -0.813. The largest absolute Gasteiger partial charge is 0.419 e. The van der Waals surface area contributed by atoms with Crippen molar-refractivity contribution in [2.45, 2.75) is 25.5 Å². The maximum Gasteiger partial charge on any atom is 0.419 e. The molecule has 0 saturated carbocycles. The van der Waals surface area contributed by atoms with Crippen LogP contribution in [0.25, 0.3) is 11.3 Å². The highest BCUT2D eigenvalue weighted by Crippen LogP contribution is 2.41. The Morgan fingerprint density at radius 3 is 2.58 bits per heavy atom. The fraction of sp³-hybridized carbons (Fsp3) is 0.312. The molecule has 128 valence electrons. The van der Waals surface area contributed by atoms with E-state index in [-0.39, 0.29) is 16.8 Å². The number of pyridine rings is 1. The lowest BCUT2D eigenvalue weighted by molar-refractivity contribution is -0.137. The van der Waals surface area contributed by atoms with Gasteiger partial charge in [-0.3, -0.25) is 4.98 Å². The minimum Gasteiger partial charge on any atom is -0.346 e. The minimum atomic E-state index is -4.62. The SMILES string of the molecule is CC1COC(c2cccc(-c3ncc(C(F)(F)F)c(Cl)c3Cl)c2)O1. The number of halogens is 5. The van der Waals surface area contributed by atoms with E-state index < -0.39 is 23.1 Å². The summed E-state index contributed by atoms with van der Waals surface area (Å²) in [5.74, 6) is 0. The van der Waals surface area contributed by atoms with Gasteiger partial charge in [0, 0.05) is 17.3 Å². The molecular formula is C16H12Cl2F3NO2. The van der Waals surface area contributed by atoms with Crippen LogP contribution in [0.5, 0.6) is 0 Å². The molecule has 0 N–H and O–H groups in total. The van der Waals surface area contributed by atoms with Crippen molar-refractivity contribution in [2.75, 3.05) is 6.61 Å². The van der Waals surface area contributed by atoms with Crippen LogP contribution in [0, 0.1) is 0 Å². The first kappa shape index (κ1) is 17.5. The van der Waals surface area contributed by atoms with E-state index in [1.807, 2.05) is 6.92 Å². The molecule has 2 heterocycles. The molecule has 0 bridgehead atoms. The van der Waals surface area contributed by atoms with E-state index in [4.69, 9.17) is 32.7 Å². The Hall–Kier alpha value is -1.34. The van der Waals surface area contributed by atoms with Crippen molar-refractivity contribution in [1.82, 2.24) is 4.98 Å². The maximum atomic E-state index is 12.9. The molecule has 1 saturated heterocycles. The molecule has 0 amide bonds. The van der Waals surface area contributed by atoms with Gasteiger partial charge in [-0.15, -0.1) is 0 Å². The summed E-state index contributed by atoms with van der Waals surface area (Å²) in [6, 6.07) is 6.91. The van der Waals surface area contributed by atoms with E-state index in [0.717, 1.165) is 5.56 Å². The number of alkyl halides is 3. The highest BCUT2D eigenvalue weighted by molar-refractivity contribution is 6.44. The van der Waals surface area contributed by atoms with Crippen molar-refractivity contribution < 1.29 is 22.6 Å². The summed E-state index contributed by atoms with van der Waals surface area (Å²) in [6.07, 6.45) is -4.49. The average Bonchev–Trinajstić information content (AvgIpc) is 2.95. The van der Waals surface area contributed by atoms with Gasteiger partial charge >= 0.3 is 6.18 Å². The third-order valence-electron chi connectivity index (χ3n) is 3.54. The zero-order chi connectivity index (χ0) is 17.5. The lowest BCUT2D eigenvalue weighted by atomic mass is 10.1. The normalized spacial score (nSPS) is 21.2. The Morgan fingerprint density at radius 1 is 1.21 bits per heavy atom. The van der Waals surface area contributed by atoms with Crippen LogP contribution in [-0.4, -0.2) is 17.7 Å². The van der Waals surface area contributed by atoms with Crippen LogP contribution in [0.2, 0.25) is 10.0 Å². The molecule has 1 aromatic carbocycles. The molecule has 3 nitrogen and oxygen atoms in total. The van der Waals surface area contributed by atoms with Crippen LogP contribution >= 0.6 is 23.2 Å². The molecule has 0 aliphatic carbocycles. The smallest absolute Gasteiger partial charge is 0.346 e. The van der Waals surface area contributed by atoms with E-state index >= 15 is 0 Å². The Bertz CT molecular complexity index is 767. The Kier molecular flexibility index (Phi) is 4.75. The van der Waals surface area contributed by atoms with Gasteiger partial charge in [0.2, 0.25) is 0 Å². The Balaban J connectivity index is 1.99. The van der Waals surface area contributed by atoms with Crippen molar-refractivity contribution in [3.8, 4) is 11.3 Å². The second-order valence-corrected chi connectivity index (χ2v) is 6.14. The molecule has 2 unspecified atom stereocenters. The maximum absolute atomic E-state index is 12.9. The number of hydrogen-bond acceptors (Lipinski definition) is 3. The number of ether oxygens (including phenoxy) is 2. The van der Waals surface area contributed by atoms with E-state index in [1.165, 1.54) is 0 Å². The second-order valence-electron chi connectivity index (χ2n) is 5.38. The topological polar surface area (TPSA) is 31.4 Å². The van der Waals surface area contributed by atoms with Crippen LogP contribution in [-0.2, 0) is 15.7 Å². The lowest BCUT2D eigenvalue weighted by Gasteiger charge is -2.14. The average molecular weight is 378 g/mol. The number of nitrogens with zero attached hydrogens (tertiary/aromatic N) is 1. The first-order valence-corrected chi connectivity index (χ1v) is 7.81. The molecule has 1 aromatic heterocycles. The van der Waals surface area contributed by atoms with Crippen LogP contribution in [0.15, 0.2) is 30.5 Å². The molecular weight excluding hydrogens is 366 g/mol. The standard InChI is InChI=1S/C16H12Cl2F3NO2/c1-8-7-23-15(24-8)10-4-2-3-9(5-10)14-13(18)12(17)11(6-22-14)16(19,20)21/h2-6,8,15H,7H2,1H3. The predicted molar refractivity (Wildman–Crippen MR) is 83.9 cm³/mol. The monoisotopic (exact) mass is 377 g/mol. The summed E-state index contributed by atoms with van der Waals surface area (Å²) in [5.41, 5.74) is 0.360. The molecule has 3 rings (SSSR count). The Morgan fingerprint density at radius 2 is 1.96 bits per heavy atom. The molecule has 1 fully saturated rings. The first-order chi connectivity index (χ1) is 11.3. The quantitative estimate of drug-likeness (QED) is 0.691. The third-order valence-corrected chi connectivity index (χ3v) is 4.39. The summed E-state index contributed by atoms with van der Waals surface area (Å²) < 4.78 is 49.7. The fourth-order valence-corrected chi connectivity index (χ4v) is 2.89. The molecule has 0 radical (unpaired) electrons. The third kappa shape index (κ3) is 3.37. The zero-order valence-electron chi connectivity index (χ0n) is 12.4. The number of hydrogen-bond donors (Lipinski definition) is 0. The van der Waals surface area contributed by atoms with Gasteiger partial charge in [0.25, 0.3) is 0 Å². The molecule has 1 aliphatic rings. The summed E-state index contributed by atoms with van der Waals surface area (Å²) in [7, 11) is 0. The van der Waals surface area contributed by atoms with Gasteiger partial charge in [0.1, 0.15) is 0 Å². The minimum absolute atomic E-state index is 0.0270. The van der Waals surface area contributed by atoms with Crippen molar-refractivity contribution in [3.63, 3.8) is 0 Å². The van der Waals surface area contributed by atoms with E-state index in [2.05, 4.69) is 4.98 Å². The van der Waals surface area contributed by atoms with Crippen molar-refractivity contribution in [3.05, 3.63) is 51.6 Å². The summed E-state index contributed by atoms with van der Waals surface area (Å²) >= 11 is 11.8. The molecule has 24 heavy (non-hydrogen) atoms. The molecule has 2 atom stereocenters. The summed E-state index contributed by atoms with van der Waals surface area (Å²) in [4.78, 5) is 3.84. The van der Waals surface area contributed by atoms with Crippen molar-refractivity contribution in [1.29, 1.82) is 0 Å². The van der Waals surface area contributed by atoms with Gasteiger partial charge < -0.3 is 9.47 Å². The molecule has 8 heteroatoms. The van der Waals surface area contributed by atoms with Crippen molar-refractivity contribution >= 4 is 23.2 Å². The van der Waals surface area contributed by atoms with E-state index in [1.54, 1.807) is 24.3 Å². The van der Waals surface area contributed by atoms with Crippen LogP contribution < -0.4 is 0 Å². The van der Waals surface area contributed by atoms with Gasteiger partial charge in [-0.2, -0.15) is 13.2 Å². The van der Waals surface area contributed by atoms with Crippen LogP contribution in [0.1, 0.15) is 24.3 Å². The highest BCUT2D eigenvalue weighted by Gasteiger charge is 2.35. The molecule has 2 aromatic rings. The second kappa shape index (κ2) is 6.52. The van der Waals surface area contributed by atoms with Crippen LogP contribution in [0.4, 0.5) is 13.2 Å². The van der Waals surface area contributed by atoms with Gasteiger partial charge in [-0.25, -0.2) is 0 Å². The van der Waals surface area contributed by atoms with Crippen LogP contribution in [0.3, 0.4) is 0 Å². The van der Waals surface area contributed by atoms with Gasteiger partial charge in [-0.1, -0.05) is 41.4 Å². The van der Waals surface area contributed by atoms with E-state index in [0.29, 0.717) is 18.4 Å². The number of rotatable bonds is 2. The van der Waals surface area contributed by atoms with Crippen molar-refractivity contribution in [2.24, 2.45) is 0 Å². The fourth-order valence-electron chi connectivity index (χ4n) is 2.38. The van der Waals surface area contributed by atoms with E-state index in [9.17, 15) is 13.2 Å². The Labute approximate surface area is 146 Å². The highest BCUT2D eigenvalue weighted by atomic mass is 35.5. The van der Waals surface area contributed by atoms with Gasteiger partial charge in [0.05, 0.1) is 34.0 Å². The zero-order valence-corrected chi connectivity index (χ0v) is 13.9. The predicted octanol–water partition coefficient (Wildman–Crippen LogP) is 5.51. The first-order valence-electron chi connectivity index (χ1n) is 7.06. The van der Waals surface area contributed by atoms with Gasteiger partial charge in [-0.05, 0) is 13.0 Å². The number of benzene rings is 1. The number of aromatic nitrogens is 1. The van der Waals surface area contributed by atoms with Gasteiger partial charge in [0.15, 0.2) is 6.29 Å². The summed E-state index contributed by atoms with van der Waals surface area (Å²) in [6.45, 7) is 2.36. The molecule has 1 aliphatic heterocycles. The molecule has 0 spiro atoms. The lowest BCUT2D eigenvalue weighted by Crippen LogP contribution is -2.07.